The van der Waals surface area contributed by atoms with Gasteiger partial charge in [0.2, 0.25) is 0 Å². The van der Waals surface area contributed by atoms with E-state index in [1.165, 1.54) is 23.5 Å². The van der Waals surface area contributed by atoms with Crippen molar-refractivity contribution in [3.05, 3.63) is 59.8 Å². The third-order valence-corrected chi connectivity index (χ3v) is 6.26. The van der Waals surface area contributed by atoms with Gasteiger partial charge in [-0.2, -0.15) is 0 Å². The molecule has 2 heterocycles. The summed E-state index contributed by atoms with van der Waals surface area (Å²) in [5, 5.41) is 5.75. The number of nitrogens with zero attached hydrogens (tertiary/aromatic N) is 2. The van der Waals surface area contributed by atoms with Gasteiger partial charge in [-0.3, -0.25) is 10.3 Å². The summed E-state index contributed by atoms with van der Waals surface area (Å²) in [7, 11) is -3.64. The predicted octanol–water partition coefficient (Wildman–Crippen LogP) is 3.42. The number of hydrogen-bond donors (Lipinski definition) is 2. The number of rotatable bonds is 6. The molecule has 3 rings (SSSR count). The number of amides is 2. The zero-order chi connectivity index (χ0) is 21.0. The number of anilines is 1. The molecule has 0 spiro atoms. The van der Waals surface area contributed by atoms with E-state index in [-0.39, 0.29) is 4.90 Å². The molecule has 1 aromatic carbocycles. The Bertz CT molecular complexity index is 1130. The highest BCUT2D eigenvalue weighted by Gasteiger charge is 2.17. The molecule has 0 unspecified atom stereocenters. The van der Waals surface area contributed by atoms with Crippen molar-refractivity contribution in [3.8, 4) is 10.4 Å². The Morgan fingerprint density at radius 1 is 1.24 bits per heavy atom. The quantitative estimate of drug-likeness (QED) is 0.619. The molecule has 0 aliphatic rings. The molecule has 0 fully saturated rings. The molecule has 2 N–H and O–H groups in total. The minimum Gasteiger partial charge on any atom is -0.337 e. The van der Waals surface area contributed by atoms with Crippen molar-refractivity contribution >= 4 is 32.3 Å². The van der Waals surface area contributed by atoms with Crippen LogP contribution in [0.4, 0.5) is 14.3 Å². The maximum Gasteiger partial charge on any atom is 0.321 e. The van der Waals surface area contributed by atoms with Gasteiger partial charge in [-0.15, -0.1) is 0 Å². The Kier molecular flexibility index (Phi) is 6.23. The molecule has 0 bridgehead atoms. The van der Waals surface area contributed by atoms with Crippen LogP contribution in [0.1, 0.15) is 11.4 Å². The number of pyridine rings is 1. The lowest BCUT2D eigenvalue weighted by molar-refractivity contribution is 0.252. The van der Waals surface area contributed by atoms with E-state index in [0.29, 0.717) is 34.2 Å². The Balaban J connectivity index is 1.65. The lowest BCUT2D eigenvalue weighted by Crippen LogP contribution is -2.30. The lowest BCUT2D eigenvalue weighted by Gasteiger charge is -2.05. The van der Waals surface area contributed by atoms with Gasteiger partial charge in [0, 0.05) is 31.1 Å². The molecular weight excluding hydrogens is 415 g/mol. The fourth-order valence-corrected chi connectivity index (χ4v) is 4.34. The Morgan fingerprint density at radius 2 is 2.03 bits per heavy atom. The van der Waals surface area contributed by atoms with Gasteiger partial charge in [0.05, 0.1) is 10.6 Å². The second kappa shape index (κ2) is 8.66. The van der Waals surface area contributed by atoms with Crippen LogP contribution in [0, 0.1) is 12.7 Å². The molecule has 0 atom stereocenters. The third-order valence-electron chi connectivity index (χ3n) is 4.00. The summed E-state index contributed by atoms with van der Waals surface area (Å²) in [4.78, 5) is 20.8. The van der Waals surface area contributed by atoms with Crippen molar-refractivity contribution in [2.75, 3.05) is 18.1 Å². The molecule has 10 heteroatoms. The number of urea groups is 1. The number of halogens is 1. The van der Waals surface area contributed by atoms with E-state index in [0.717, 1.165) is 18.0 Å². The number of carbonyl (C=O) groups is 1. The van der Waals surface area contributed by atoms with Crippen molar-refractivity contribution in [2.45, 2.75) is 18.2 Å². The number of hydrogen-bond acceptors (Lipinski definition) is 6. The topological polar surface area (TPSA) is 101 Å². The highest BCUT2D eigenvalue weighted by Crippen LogP contribution is 2.34. The van der Waals surface area contributed by atoms with Crippen LogP contribution < -0.4 is 10.6 Å². The minimum absolute atomic E-state index is 0.353. The van der Waals surface area contributed by atoms with E-state index >= 15 is 0 Å². The van der Waals surface area contributed by atoms with Gasteiger partial charge < -0.3 is 5.32 Å². The molecule has 2 aromatic heterocycles. The zero-order valence-corrected chi connectivity index (χ0v) is 17.4. The van der Waals surface area contributed by atoms with Gasteiger partial charge in [-0.1, -0.05) is 23.5 Å². The molecule has 7 nitrogen and oxygen atoms in total. The maximum atomic E-state index is 14.2. The van der Waals surface area contributed by atoms with Crippen LogP contribution in [0.3, 0.4) is 0 Å². The van der Waals surface area contributed by atoms with Crippen LogP contribution >= 0.6 is 11.3 Å². The Hall–Kier alpha value is -2.85. The second-order valence-corrected chi connectivity index (χ2v) is 9.29. The highest BCUT2D eigenvalue weighted by atomic mass is 32.2. The smallest absolute Gasteiger partial charge is 0.321 e. The number of nitrogens with one attached hydrogen (secondary N) is 2. The predicted molar refractivity (Wildman–Crippen MR) is 110 cm³/mol. The summed E-state index contributed by atoms with van der Waals surface area (Å²) in [5.74, 6) is -0.820. The SMILES string of the molecule is Cc1nc(NC(=O)NCCc2ccccn2)sc1-c1ccc(S(C)(=O)=O)c(F)c1. The fraction of sp³-hybridized carbons (Fsp3) is 0.211. The number of sulfone groups is 1. The van der Waals surface area contributed by atoms with Gasteiger partial charge in [-0.25, -0.2) is 22.6 Å². The number of carbonyl (C=O) groups excluding carboxylic acids is 1. The molecule has 0 saturated heterocycles. The average molecular weight is 435 g/mol. The van der Waals surface area contributed by atoms with Crippen LogP contribution in [0.15, 0.2) is 47.5 Å². The summed E-state index contributed by atoms with van der Waals surface area (Å²) in [6.07, 6.45) is 3.25. The largest absolute Gasteiger partial charge is 0.337 e. The number of aryl methyl sites for hydroxylation is 1. The minimum atomic E-state index is -3.64. The van der Waals surface area contributed by atoms with Crippen LogP contribution in [0.25, 0.3) is 10.4 Å². The van der Waals surface area contributed by atoms with Crippen molar-refractivity contribution in [3.63, 3.8) is 0 Å². The number of benzene rings is 1. The van der Waals surface area contributed by atoms with E-state index in [1.807, 2.05) is 18.2 Å². The standard InChI is InChI=1S/C19H19FN4O3S2/c1-12-17(13-6-7-16(15(20)11-13)29(2,26)27)28-19(23-12)24-18(25)22-10-8-14-5-3-4-9-21-14/h3-7,9,11H,8,10H2,1-2H3,(H2,22,23,24,25). The highest BCUT2D eigenvalue weighted by molar-refractivity contribution is 7.90. The summed E-state index contributed by atoms with van der Waals surface area (Å²) in [6, 6.07) is 9.10. The van der Waals surface area contributed by atoms with E-state index < -0.39 is 21.7 Å². The number of aromatic nitrogens is 2. The van der Waals surface area contributed by atoms with E-state index in [9.17, 15) is 17.6 Å². The monoisotopic (exact) mass is 434 g/mol. The third kappa shape index (κ3) is 5.36. The number of thiazole rings is 1. The molecule has 0 aliphatic heterocycles. The van der Waals surface area contributed by atoms with Crippen molar-refractivity contribution < 1.29 is 17.6 Å². The van der Waals surface area contributed by atoms with E-state index in [2.05, 4.69) is 20.6 Å². The molecule has 29 heavy (non-hydrogen) atoms. The molecule has 152 valence electrons. The normalized spacial score (nSPS) is 11.3. The first-order valence-electron chi connectivity index (χ1n) is 8.66. The molecule has 0 aliphatic carbocycles. The summed E-state index contributed by atoms with van der Waals surface area (Å²) >= 11 is 1.18. The molecule has 0 saturated carbocycles. The summed E-state index contributed by atoms with van der Waals surface area (Å²) in [5.41, 5.74) is 1.97. The second-order valence-electron chi connectivity index (χ2n) is 6.30. The first-order valence-corrected chi connectivity index (χ1v) is 11.4. The van der Waals surface area contributed by atoms with Crippen LogP contribution in [0.5, 0.6) is 0 Å². The Labute approximate surface area is 172 Å². The van der Waals surface area contributed by atoms with Crippen LogP contribution in [0.2, 0.25) is 0 Å². The molecule has 3 aromatic rings. The zero-order valence-electron chi connectivity index (χ0n) is 15.8. The van der Waals surface area contributed by atoms with Crippen molar-refractivity contribution in [1.29, 1.82) is 0 Å². The Morgan fingerprint density at radius 3 is 2.69 bits per heavy atom. The van der Waals surface area contributed by atoms with Crippen molar-refractivity contribution in [2.24, 2.45) is 0 Å². The van der Waals surface area contributed by atoms with Gasteiger partial charge in [-0.05, 0) is 36.8 Å². The van der Waals surface area contributed by atoms with Crippen LogP contribution in [-0.4, -0.2) is 37.2 Å². The van der Waals surface area contributed by atoms with Gasteiger partial charge in [0.1, 0.15) is 10.7 Å². The lowest BCUT2D eigenvalue weighted by atomic mass is 10.1. The molecular formula is C19H19FN4O3S2. The first-order chi connectivity index (χ1) is 13.7. The van der Waals surface area contributed by atoms with Gasteiger partial charge in [0.15, 0.2) is 15.0 Å². The summed E-state index contributed by atoms with van der Waals surface area (Å²) < 4.78 is 37.3. The molecule has 2 amide bonds. The first kappa shape index (κ1) is 20.9. The van der Waals surface area contributed by atoms with Gasteiger partial charge in [0.25, 0.3) is 0 Å². The van der Waals surface area contributed by atoms with Crippen LogP contribution in [-0.2, 0) is 16.3 Å². The molecule has 0 radical (unpaired) electrons. The summed E-state index contributed by atoms with van der Waals surface area (Å²) in [6.45, 7) is 2.15. The average Bonchev–Trinajstić information content (AvgIpc) is 3.01. The van der Waals surface area contributed by atoms with Gasteiger partial charge >= 0.3 is 6.03 Å². The van der Waals surface area contributed by atoms with Crippen molar-refractivity contribution in [1.82, 2.24) is 15.3 Å². The maximum absolute atomic E-state index is 14.2. The van der Waals surface area contributed by atoms with E-state index in [1.54, 1.807) is 13.1 Å². The fourth-order valence-electron chi connectivity index (χ4n) is 2.65. The van der Waals surface area contributed by atoms with E-state index in [4.69, 9.17) is 0 Å².